The maximum atomic E-state index is 12.3. The average molecular weight is 368 g/mol. The Labute approximate surface area is 157 Å². The van der Waals surface area contributed by atoms with Gasteiger partial charge in [0.05, 0.1) is 30.8 Å². The number of nitrogens with zero attached hydrogens (tertiary/aromatic N) is 4. The summed E-state index contributed by atoms with van der Waals surface area (Å²) in [5.74, 6) is 1.39. The molecule has 3 fully saturated rings. The van der Waals surface area contributed by atoms with Gasteiger partial charge < -0.3 is 19.9 Å². The van der Waals surface area contributed by atoms with Crippen molar-refractivity contribution in [3.63, 3.8) is 0 Å². The van der Waals surface area contributed by atoms with Crippen molar-refractivity contribution in [2.45, 2.75) is 38.4 Å². The number of fused-ring (bicyclic) bond motifs is 1. The Hall–Kier alpha value is -2.48. The SMILES string of the molecule is Cc1cc(C)nc(N2C[C@@H]3[C@H](CNC(=O)c4cnc[nH]4)[C@H]4CC[C@]3(C2)O4)n1. The van der Waals surface area contributed by atoms with Gasteiger partial charge in [-0.2, -0.15) is 0 Å². The van der Waals surface area contributed by atoms with Crippen molar-refractivity contribution in [1.82, 2.24) is 25.3 Å². The van der Waals surface area contributed by atoms with E-state index in [1.807, 2.05) is 19.9 Å². The molecule has 5 heterocycles. The zero-order valence-electron chi connectivity index (χ0n) is 15.6. The first-order valence-electron chi connectivity index (χ1n) is 9.56. The smallest absolute Gasteiger partial charge is 0.269 e. The molecule has 1 amide bonds. The van der Waals surface area contributed by atoms with E-state index in [1.54, 1.807) is 6.20 Å². The van der Waals surface area contributed by atoms with Gasteiger partial charge in [-0.1, -0.05) is 0 Å². The highest BCUT2D eigenvalue weighted by molar-refractivity contribution is 5.91. The van der Waals surface area contributed by atoms with Gasteiger partial charge in [0.25, 0.3) is 5.91 Å². The zero-order chi connectivity index (χ0) is 18.6. The number of aryl methyl sites for hydroxylation is 2. The van der Waals surface area contributed by atoms with E-state index in [-0.39, 0.29) is 17.6 Å². The molecule has 8 heteroatoms. The van der Waals surface area contributed by atoms with Crippen LogP contribution in [0.5, 0.6) is 0 Å². The van der Waals surface area contributed by atoms with Crippen LogP contribution in [-0.4, -0.2) is 57.2 Å². The molecule has 1 spiro atoms. The Morgan fingerprint density at radius 1 is 1.41 bits per heavy atom. The first kappa shape index (κ1) is 16.7. The summed E-state index contributed by atoms with van der Waals surface area (Å²) in [6.45, 7) is 6.34. The maximum absolute atomic E-state index is 12.3. The van der Waals surface area contributed by atoms with Crippen molar-refractivity contribution in [1.29, 1.82) is 0 Å². The summed E-state index contributed by atoms with van der Waals surface area (Å²) in [5, 5.41) is 3.05. The molecule has 4 atom stereocenters. The number of hydrogen-bond donors (Lipinski definition) is 2. The third kappa shape index (κ3) is 2.70. The third-order valence-electron chi connectivity index (χ3n) is 6.28. The fraction of sp³-hybridized carbons (Fsp3) is 0.579. The largest absolute Gasteiger partial charge is 0.369 e. The first-order chi connectivity index (χ1) is 13.0. The number of amides is 1. The number of imidazole rings is 1. The normalized spacial score (nSPS) is 31.3. The standard InChI is InChI=1S/C19H24N6O2/c1-11-5-12(2)24-18(23-11)25-8-14-13(16-3-4-19(14,9-25)27-16)6-21-17(26)15-7-20-10-22-15/h5,7,10,13-14,16H,3-4,6,8-9H2,1-2H3,(H,20,22)(H,21,26)/t13-,14+,16+,19+/m0/s1. The summed E-state index contributed by atoms with van der Waals surface area (Å²) in [5.41, 5.74) is 2.35. The summed E-state index contributed by atoms with van der Waals surface area (Å²) in [7, 11) is 0. The number of aromatic nitrogens is 4. The predicted octanol–water partition coefficient (Wildman–Crippen LogP) is 1.23. The van der Waals surface area contributed by atoms with Crippen molar-refractivity contribution in [3.8, 4) is 0 Å². The molecule has 5 rings (SSSR count). The lowest BCUT2D eigenvalue weighted by Crippen LogP contribution is -2.42. The highest BCUT2D eigenvalue weighted by atomic mass is 16.5. The number of ether oxygens (including phenoxy) is 1. The molecule has 3 aliphatic rings. The third-order valence-corrected chi connectivity index (χ3v) is 6.28. The van der Waals surface area contributed by atoms with Crippen LogP contribution in [0.4, 0.5) is 5.95 Å². The van der Waals surface area contributed by atoms with Crippen LogP contribution < -0.4 is 10.2 Å². The second-order valence-electron chi connectivity index (χ2n) is 8.04. The molecule has 0 radical (unpaired) electrons. The van der Waals surface area contributed by atoms with E-state index in [0.29, 0.717) is 24.1 Å². The number of rotatable bonds is 4. The molecule has 27 heavy (non-hydrogen) atoms. The molecule has 2 bridgehead atoms. The van der Waals surface area contributed by atoms with E-state index in [9.17, 15) is 4.79 Å². The van der Waals surface area contributed by atoms with Gasteiger partial charge in [0.1, 0.15) is 5.69 Å². The fourth-order valence-electron chi connectivity index (χ4n) is 5.15. The van der Waals surface area contributed by atoms with Crippen molar-refractivity contribution in [2.75, 3.05) is 24.5 Å². The number of carbonyl (C=O) groups is 1. The molecular formula is C19H24N6O2. The van der Waals surface area contributed by atoms with Crippen LogP contribution in [-0.2, 0) is 4.74 Å². The second-order valence-corrected chi connectivity index (χ2v) is 8.04. The lowest BCUT2D eigenvalue weighted by molar-refractivity contribution is 0.0141. The minimum atomic E-state index is -0.116. The maximum Gasteiger partial charge on any atom is 0.269 e. The topological polar surface area (TPSA) is 96.0 Å². The zero-order valence-corrected chi connectivity index (χ0v) is 15.6. The Morgan fingerprint density at radius 2 is 2.22 bits per heavy atom. The fourth-order valence-corrected chi connectivity index (χ4v) is 5.15. The van der Waals surface area contributed by atoms with Gasteiger partial charge in [-0.05, 0) is 32.8 Å². The van der Waals surface area contributed by atoms with E-state index in [2.05, 4.69) is 30.2 Å². The van der Waals surface area contributed by atoms with Crippen LogP contribution in [0.1, 0.15) is 34.7 Å². The summed E-state index contributed by atoms with van der Waals surface area (Å²) in [4.78, 5) is 30.6. The summed E-state index contributed by atoms with van der Waals surface area (Å²) in [6, 6.07) is 1.99. The van der Waals surface area contributed by atoms with Gasteiger partial charge in [-0.3, -0.25) is 4.79 Å². The van der Waals surface area contributed by atoms with E-state index >= 15 is 0 Å². The molecule has 8 nitrogen and oxygen atoms in total. The number of hydrogen-bond acceptors (Lipinski definition) is 6. The van der Waals surface area contributed by atoms with Gasteiger partial charge in [0.2, 0.25) is 5.95 Å². The van der Waals surface area contributed by atoms with Crippen molar-refractivity contribution in [3.05, 3.63) is 35.7 Å². The van der Waals surface area contributed by atoms with Crippen LogP contribution in [0.25, 0.3) is 0 Å². The lowest BCUT2D eigenvalue weighted by Gasteiger charge is -2.29. The Bertz CT molecular complexity index is 849. The minimum Gasteiger partial charge on any atom is -0.369 e. The van der Waals surface area contributed by atoms with Crippen molar-refractivity contribution in [2.24, 2.45) is 11.8 Å². The Morgan fingerprint density at radius 3 is 2.96 bits per heavy atom. The first-order valence-corrected chi connectivity index (χ1v) is 9.56. The van der Waals surface area contributed by atoms with Crippen molar-refractivity contribution < 1.29 is 9.53 Å². The molecule has 0 aromatic carbocycles. The van der Waals surface area contributed by atoms with Gasteiger partial charge in [0.15, 0.2) is 0 Å². The molecule has 0 saturated carbocycles. The predicted molar refractivity (Wildman–Crippen MR) is 98.5 cm³/mol. The van der Waals surface area contributed by atoms with Crippen molar-refractivity contribution >= 4 is 11.9 Å². The Kier molecular flexibility index (Phi) is 3.72. The molecule has 0 unspecified atom stereocenters. The summed E-state index contributed by atoms with van der Waals surface area (Å²) < 4.78 is 6.46. The summed E-state index contributed by atoms with van der Waals surface area (Å²) >= 11 is 0. The number of carbonyl (C=O) groups excluding carboxylic acids is 1. The Balaban J connectivity index is 1.32. The molecule has 0 aliphatic carbocycles. The average Bonchev–Trinajstić information content (AvgIpc) is 3.38. The quantitative estimate of drug-likeness (QED) is 0.843. The molecule has 3 saturated heterocycles. The lowest BCUT2D eigenvalue weighted by atomic mass is 9.73. The van der Waals surface area contributed by atoms with E-state index in [1.165, 1.54) is 6.33 Å². The van der Waals surface area contributed by atoms with Crippen LogP contribution >= 0.6 is 0 Å². The van der Waals surface area contributed by atoms with Gasteiger partial charge >= 0.3 is 0 Å². The van der Waals surface area contributed by atoms with Gasteiger partial charge in [0, 0.05) is 36.3 Å². The highest BCUT2D eigenvalue weighted by Gasteiger charge is 2.63. The molecule has 2 N–H and O–H groups in total. The number of aromatic amines is 1. The molecule has 142 valence electrons. The number of nitrogens with one attached hydrogen (secondary N) is 2. The minimum absolute atomic E-state index is 0.114. The monoisotopic (exact) mass is 368 g/mol. The molecule has 2 aromatic rings. The summed E-state index contributed by atoms with van der Waals surface area (Å²) in [6.07, 6.45) is 5.43. The van der Waals surface area contributed by atoms with Crippen LogP contribution in [0, 0.1) is 25.7 Å². The van der Waals surface area contributed by atoms with E-state index in [0.717, 1.165) is 43.3 Å². The van der Waals surface area contributed by atoms with Gasteiger partial charge in [-0.25, -0.2) is 15.0 Å². The second kappa shape index (κ2) is 6.02. The molecule has 3 aliphatic heterocycles. The highest BCUT2D eigenvalue weighted by Crippen LogP contribution is 2.54. The number of anilines is 1. The van der Waals surface area contributed by atoms with Crippen LogP contribution in [0.15, 0.2) is 18.6 Å². The molecule has 2 aromatic heterocycles. The molecular weight excluding hydrogens is 344 g/mol. The van der Waals surface area contributed by atoms with Crippen LogP contribution in [0.2, 0.25) is 0 Å². The number of H-pyrrole nitrogens is 1. The van der Waals surface area contributed by atoms with Crippen LogP contribution in [0.3, 0.4) is 0 Å². The van der Waals surface area contributed by atoms with E-state index in [4.69, 9.17) is 4.74 Å². The van der Waals surface area contributed by atoms with E-state index < -0.39 is 0 Å². The van der Waals surface area contributed by atoms with Gasteiger partial charge in [-0.15, -0.1) is 0 Å².